The van der Waals surface area contributed by atoms with Crippen LogP contribution in [0.5, 0.6) is 0 Å². The van der Waals surface area contributed by atoms with Gasteiger partial charge in [0.1, 0.15) is 6.04 Å². The largest absolute Gasteiger partial charge is 0.354 e. The molecule has 0 aliphatic heterocycles. The molecule has 1 atom stereocenters. The molecule has 160 valence electrons. The molecule has 0 saturated carbocycles. The molecule has 3 aromatic rings. The molecule has 0 spiro atoms. The van der Waals surface area contributed by atoms with Crippen molar-refractivity contribution in [3.63, 3.8) is 0 Å². The van der Waals surface area contributed by atoms with Crippen molar-refractivity contribution < 1.29 is 13.2 Å². The summed E-state index contributed by atoms with van der Waals surface area (Å²) in [5.74, 6) is -0.527. The van der Waals surface area contributed by atoms with Crippen LogP contribution < -0.4 is 10.0 Å². The van der Waals surface area contributed by atoms with Crippen LogP contribution in [0.15, 0.2) is 47.4 Å². The molecule has 0 radical (unpaired) electrons. The molecule has 0 aliphatic rings. The summed E-state index contributed by atoms with van der Waals surface area (Å²) in [6.45, 7) is 7.99. The van der Waals surface area contributed by atoms with E-state index in [1.54, 1.807) is 29.5 Å². The predicted octanol–water partition coefficient (Wildman–Crippen LogP) is 3.57. The van der Waals surface area contributed by atoms with Gasteiger partial charge in [0.15, 0.2) is 0 Å². The van der Waals surface area contributed by atoms with E-state index in [-0.39, 0.29) is 16.7 Å². The number of sulfonamides is 1. The average molecular weight is 446 g/mol. The molecule has 1 heterocycles. The molecule has 2 aromatic carbocycles. The number of nitrogens with zero attached hydrogens (tertiary/aromatic N) is 1. The lowest BCUT2D eigenvalue weighted by molar-refractivity contribution is -0.123. The van der Waals surface area contributed by atoms with Gasteiger partial charge in [-0.3, -0.25) is 4.79 Å². The van der Waals surface area contributed by atoms with E-state index in [9.17, 15) is 13.2 Å². The first-order valence-electron chi connectivity index (χ1n) is 9.89. The number of rotatable bonds is 8. The lowest BCUT2D eigenvalue weighted by atomic mass is 10.1. The highest BCUT2D eigenvalue weighted by Gasteiger charge is 2.28. The Bertz CT molecular complexity index is 1150. The van der Waals surface area contributed by atoms with Crippen LogP contribution in [-0.4, -0.2) is 31.9 Å². The molecule has 1 unspecified atom stereocenters. The van der Waals surface area contributed by atoms with Crippen LogP contribution in [0.25, 0.3) is 10.8 Å². The van der Waals surface area contributed by atoms with Gasteiger partial charge in [-0.1, -0.05) is 44.2 Å². The van der Waals surface area contributed by atoms with E-state index < -0.39 is 16.1 Å². The smallest absolute Gasteiger partial charge is 0.241 e. The first-order valence-corrected chi connectivity index (χ1v) is 12.2. The van der Waals surface area contributed by atoms with Crippen molar-refractivity contribution in [1.29, 1.82) is 0 Å². The molecule has 1 amide bonds. The Morgan fingerprint density at radius 3 is 2.43 bits per heavy atom. The van der Waals surface area contributed by atoms with E-state index >= 15 is 0 Å². The number of carbonyl (C=O) groups excluding carboxylic acids is 1. The van der Waals surface area contributed by atoms with Crippen molar-refractivity contribution in [2.24, 2.45) is 5.92 Å². The van der Waals surface area contributed by atoms with Gasteiger partial charge in [-0.25, -0.2) is 13.4 Å². The number of aromatic nitrogens is 1. The zero-order chi connectivity index (χ0) is 21.9. The van der Waals surface area contributed by atoms with Crippen molar-refractivity contribution in [1.82, 2.24) is 15.0 Å². The molecule has 0 aliphatic carbocycles. The maximum Gasteiger partial charge on any atom is 0.241 e. The number of amides is 1. The quantitative estimate of drug-likeness (QED) is 0.555. The molecule has 0 saturated heterocycles. The van der Waals surface area contributed by atoms with Gasteiger partial charge >= 0.3 is 0 Å². The van der Waals surface area contributed by atoms with E-state index in [2.05, 4.69) is 15.0 Å². The normalized spacial score (nSPS) is 13.0. The van der Waals surface area contributed by atoms with Crippen LogP contribution >= 0.6 is 11.3 Å². The highest BCUT2D eigenvalue weighted by molar-refractivity contribution is 7.89. The van der Waals surface area contributed by atoms with Gasteiger partial charge in [0.25, 0.3) is 0 Å². The van der Waals surface area contributed by atoms with Gasteiger partial charge in [0, 0.05) is 17.8 Å². The van der Waals surface area contributed by atoms with Gasteiger partial charge < -0.3 is 5.32 Å². The number of carbonyl (C=O) groups is 1. The summed E-state index contributed by atoms with van der Waals surface area (Å²) in [5.41, 5.74) is 0.976. The second-order valence-electron chi connectivity index (χ2n) is 7.63. The number of fused-ring (bicyclic) bond motifs is 1. The summed E-state index contributed by atoms with van der Waals surface area (Å²) in [4.78, 5) is 18.4. The Hall–Kier alpha value is -2.29. The SMILES string of the molecule is Cc1nc(C)c(CCNC(=O)C(NS(=O)(=O)c2ccc3ccccc3c2)C(C)C)s1. The zero-order valence-corrected chi connectivity index (χ0v) is 19.2. The Morgan fingerprint density at radius 1 is 1.10 bits per heavy atom. The zero-order valence-electron chi connectivity index (χ0n) is 17.6. The number of benzene rings is 2. The molecular weight excluding hydrogens is 418 g/mol. The molecule has 8 heteroatoms. The fraction of sp³-hybridized carbons (Fsp3) is 0.364. The molecule has 30 heavy (non-hydrogen) atoms. The predicted molar refractivity (Wildman–Crippen MR) is 121 cm³/mol. The van der Waals surface area contributed by atoms with E-state index in [4.69, 9.17) is 0 Å². The number of thiazole rings is 1. The third kappa shape index (κ3) is 5.24. The highest BCUT2D eigenvalue weighted by atomic mass is 32.2. The van der Waals surface area contributed by atoms with Crippen molar-refractivity contribution >= 4 is 38.0 Å². The van der Waals surface area contributed by atoms with Gasteiger partial charge in [0.2, 0.25) is 15.9 Å². The second kappa shape index (κ2) is 9.24. The minimum Gasteiger partial charge on any atom is -0.354 e. The minimum absolute atomic E-state index is 0.149. The molecular formula is C22H27N3O3S2. The van der Waals surface area contributed by atoms with E-state index in [1.807, 2.05) is 52.0 Å². The third-order valence-electron chi connectivity index (χ3n) is 4.91. The summed E-state index contributed by atoms with van der Waals surface area (Å²) < 4.78 is 28.5. The van der Waals surface area contributed by atoms with E-state index in [0.717, 1.165) is 26.4 Å². The summed E-state index contributed by atoms with van der Waals surface area (Å²) in [5, 5.41) is 5.66. The monoisotopic (exact) mass is 445 g/mol. The van der Waals surface area contributed by atoms with Crippen molar-refractivity contribution in [3.8, 4) is 0 Å². The summed E-state index contributed by atoms with van der Waals surface area (Å²) in [6.07, 6.45) is 0.672. The summed E-state index contributed by atoms with van der Waals surface area (Å²) >= 11 is 1.61. The first kappa shape index (κ1) is 22.4. The molecule has 6 nitrogen and oxygen atoms in total. The number of hydrogen-bond donors (Lipinski definition) is 2. The maximum atomic E-state index is 12.9. The highest BCUT2D eigenvalue weighted by Crippen LogP contribution is 2.20. The lowest BCUT2D eigenvalue weighted by Crippen LogP contribution is -2.49. The Labute approximate surface area is 181 Å². The molecule has 1 aromatic heterocycles. The fourth-order valence-corrected chi connectivity index (χ4v) is 5.59. The number of hydrogen-bond acceptors (Lipinski definition) is 5. The molecule has 0 bridgehead atoms. The Balaban J connectivity index is 1.69. The fourth-order valence-electron chi connectivity index (χ4n) is 3.28. The standard InChI is InChI=1S/C22H27N3O3S2/c1-14(2)21(22(26)23-12-11-20-15(3)24-16(4)29-20)25-30(27,28)19-10-9-17-7-5-6-8-18(17)13-19/h5-10,13-14,21,25H,11-12H2,1-4H3,(H,23,26). The van der Waals surface area contributed by atoms with Gasteiger partial charge in [-0.2, -0.15) is 4.72 Å². The number of nitrogens with one attached hydrogen (secondary N) is 2. The average Bonchev–Trinajstić information content (AvgIpc) is 3.02. The molecule has 0 fully saturated rings. The van der Waals surface area contributed by atoms with E-state index in [0.29, 0.717) is 13.0 Å². The first-order chi connectivity index (χ1) is 14.2. The Kier molecular flexibility index (Phi) is 6.90. The van der Waals surface area contributed by atoms with Crippen molar-refractivity contribution in [2.45, 2.75) is 45.1 Å². The van der Waals surface area contributed by atoms with Crippen LogP contribution in [0, 0.1) is 19.8 Å². The number of aryl methyl sites for hydroxylation is 2. The van der Waals surface area contributed by atoms with Crippen LogP contribution in [0.1, 0.15) is 29.4 Å². The van der Waals surface area contributed by atoms with Crippen molar-refractivity contribution in [3.05, 3.63) is 58.0 Å². The maximum absolute atomic E-state index is 12.9. The van der Waals surface area contributed by atoms with Crippen LogP contribution in [-0.2, 0) is 21.2 Å². The van der Waals surface area contributed by atoms with Crippen LogP contribution in [0.3, 0.4) is 0 Å². The van der Waals surface area contributed by atoms with Crippen molar-refractivity contribution in [2.75, 3.05) is 6.54 Å². The Morgan fingerprint density at radius 2 is 1.80 bits per heavy atom. The lowest BCUT2D eigenvalue weighted by Gasteiger charge is -2.21. The minimum atomic E-state index is -3.84. The second-order valence-corrected chi connectivity index (χ2v) is 10.6. The van der Waals surface area contributed by atoms with E-state index in [1.165, 1.54) is 0 Å². The van der Waals surface area contributed by atoms with Gasteiger partial charge in [-0.15, -0.1) is 11.3 Å². The van der Waals surface area contributed by atoms with Gasteiger partial charge in [-0.05, 0) is 42.7 Å². The topological polar surface area (TPSA) is 88.2 Å². The third-order valence-corrected chi connectivity index (χ3v) is 7.48. The summed E-state index contributed by atoms with van der Waals surface area (Å²) in [7, 11) is -3.84. The van der Waals surface area contributed by atoms with Crippen LogP contribution in [0.2, 0.25) is 0 Å². The molecule has 3 rings (SSSR count). The van der Waals surface area contributed by atoms with Gasteiger partial charge in [0.05, 0.1) is 15.6 Å². The summed E-state index contributed by atoms with van der Waals surface area (Å²) in [6, 6.07) is 11.7. The van der Waals surface area contributed by atoms with Crippen LogP contribution in [0.4, 0.5) is 0 Å². The molecule has 2 N–H and O–H groups in total.